The molecule has 0 amide bonds. The maximum absolute atomic E-state index is 5.31. The van der Waals surface area contributed by atoms with Crippen LogP contribution in [0.15, 0.2) is 18.2 Å². The maximum Gasteiger partial charge on any atom is 0.143 e. The van der Waals surface area contributed by atoms with Crippen LogP contribution in [0.25, 0.3) is 0 Å². The Morgan fingerprint density at radius 2 is 1.87 bits per heavy atom. The summed E-state index contributed by atoms with van der Waals surface area (Å²) in [5, 5.41) is 0. The van der Waals surface area contributed by atoms with Crippen molar-refractivity contribution in [1.82, 2.24) is 0 Å². The van der Waals surface area contributed by atoms with Crippen molar-refractivity contribution in [2.45, 2.75) is 19.9 Å². The quantitative estimate of drug-likeness (QED) is 0.628. The Morgan fingerprint density at radius 3 is 2.33 bits per heavy atom. The molecule has 0 saturated heterocycles. The second-order valence-electron chi connectivity index (χ2n) is 3.44. The van der Waals surface area contributed by atoms with Crippen molar-refractivity contribution in [2.24, 2.45) is 0 Å². The van der Waals surface area contributed by atoms with E-state index in [9.17, 15) is 0 Å². The Bertz CT molecular complexity index is 328. The van der Waals surface area contributed by atoms with Gasteiger partial charge in [0.2, 0.25) is 0 Å². The molecule has 1 aromatic carbocycles. The van der Waals surface area contributed by atoms with Crippen LogP contribution < -0.4 is 12.6 Å². The predicted molar refractivity (Wildman–Crippen MR) is 71.2 cm³/mol. The monoisotopic (exact) mass is 321 g/mol. The molecule has 0 aliphatic carbocycles. The first-order valence-corrected chi connectivity index (χ1v) is 5.73. The molecule has 15 heavy (non-hydrogen) atoms. The highest BCUT2D eigenvalue weighted by Crippen LogP contribution is 2.35. The molecule has 1 aromatic rings. The summed E-state index contributed by atoms with van der Waals surface area (Å²) in [6.45, 7) is 4.26. The van der Waals surface area contributed by atoms with Gasteiger partial charge in [-0.2, -0.15) is 0 Å². The topological polar surface area (TPSA) is 21.7 Å². The van der Waals surface area contributed by atoms with E-state index in [0.717, 1.165) is 17.2 Å². The third kappa shape index (κ3) is 2.90. The predicted octanol–water partition coefficient (Wildman–Crippen LogP) is 3.27. The van der Waals surface area contributed by atoms with E-state index < -0.39 is 0 Å². The fourth-order valence-electron chi connectivity index (χ4n) is 1.24. The van der Waals surface area contributed by atoms with Crippen LogP contribution in [0, 0.1) is 0 Å². The van der Waals surface area contributed by atoms with Crippen LogP contribution in [0.1, 0.15) is 13.8 Å². The lowest BCUT2D eigenvalue weighted by atomic mass is 10.2. The molecular weight excluding hydrogens is 305 g/mol. The highest BCUT2D eigenvalue weighted by Gasteiger charge is 2.13. The molecule has 4 heteroatoms. The summed E-state index contributed by atoms with van der Waals surface area (Å²) in [6, 6.07) is 6.20. The molecule has 0 N–H and O–H groups in total. The molecule has 0 spiro atoms. The number of methoxy groups -OCH3 is 2. The van der Waals surface area contributed by atoms with Crippen molar-refractivity contribution < 1.29 is 9.47 Å². The number of halogens is 1. The molecule has 0 radical (unpaired) electrons. The molecule has 0 aliphatic heterocycles. The van der Waals surface area contributed by atoms with Crippen molar-refractivity contribution in [2.75, 3.05) is 17.3 Å². The zero-order valence-electron chi connectivity index (χ0n) is 9.45. The number of rotatable bonds is 4. The van der Waals surface area contributed by atoms with Gasteiger partial charge in [-0.25, -0.2) is 0 Å². The van der Waals surface area contributed by atoms with Crippen LogP contribution >= 0.6 is 22.9 Å². The molecule has 0 heterocycles. The van der Waals surface area contributed by atoms with E-state index in [1.807, 2.05) is 18.2 Å². The standard InChI is InChI=1S/C11H16INO2/c1-8(2)13(12)10-7-9(14-3)5-6-11(10)15-4/h5-8H,1-4H3. The van der Waals surface area contributed by atoms with Crippen molar-refractivity contribution in [3.8, 4) is 11.5 Å². The van der Waals surface area contributed by atoms with Crippen molar-refractivity contribution in [1.29, 1.82) is 0 Å². The smallest absolute Gasteiger partial charge is 0.143 e. The second-order valence-corrected chi connectivity index (χ2v) is 4.48. The van der Waals surface area contributed by atoms with Crippen molar-refractivity contribution >= 4 is 28.6 Å². The van der Waals surface area contributed by atoms with Gasteiger partial charge >= 0.3 is 0 Å². The van der Waals surface area contributed by atoms with E-state index in [4.69, 9.17) is 9.47 Å². The lowest BCUT2D eigenvalue weighted by molar-refractivity contribution is 0.404. The van der Waals surface area contributed by atoms with E-state index in [2.05, 4.69) is 39.8 Å². The average molecular weight is 321 g/mol. The minimum atomic E-state index is 0.409. The minimum absolute atomic E-state index is 0.409. The Hall–Kier alpha value is -0.650. The first-order chi connectivity index (χ1) is 7.10. The van der Waals surface area contributed by atoms with E-state index in [-0.39, 0.29) is 0 Å². The van der Waals surface area contributed by atoms with E-state index in [1.165, 1.54) is 0 Å². The molecule has 0 unspecified atom stereocenters. The molecular formula is C11H16INO2. The fraction of sp³-hybridized carbons (Fsp3) is 0.455. The Labute approximate surface area is 105 Å². The molecule has 0 bridgehead atoms. The van der Waals surface area contributed by atoms with Gasteiger partial charge in [0.05, 0.1) is 42.8 Å². The third-order valence-electron chi connectivity index (χ3n) is 2.07. The zero-order chi connectivity index (χ0) is 11.4. The highest BCUT2D eigenvalue weighted by molar-refractivity contribution is 14.1. The molecule has 0 aliphatic rings. The number of anilines is 1. The van der Waals surface area contributed by atoms with Crippen LogP contribution in [0.5, 0.6) is 11.5 Å². The summed E-state index contributed by atoms with van der Waals surface area (Å²) in [6.07, 6.45) is 0. The Balaban J connectivity index is 3.11. The summed E-state index contributed by atoms with van der Waals surface area (Å²) in [5.74, 6) is 1.70. The van der Waals surface area contributed by atoms with Gasteiger partial charge in [-0.3, -0.25) is 0 Å². The van der Waals surface area contributed by atoms with Crippen LogP contribution in [0.4, 0.5) is 5.69 Å². The Morgan fingerprint density at radius 1 is 1.20 bits per heavy atom. The molecule has 0 aromatic heterocycles. The highest BCUT2D eigenvalue weighted by atomic mass is 127. The van der Waals surface area contributed by atoms with Gasteiger partial charge in [-0.15, -0.1) is 0 Å². The largest absolute Gasteiger partial charge is 0.497 e. The normalized spacial score (nSPS) is 10.3. The molecule has 0 saturated carbocycles. The molecule has 3 nitrogen and oxygen atoms in total. The van der Waals surface area contributed by atoms with Crippen molar-refractivity contribution in [3.63, 3.8) is 0 Å². The van der Waals surface area contributed by atoms with Gasteiger partial charge in [-0.1, -0.05) is 0 Å². The van der Waals surface area contributed by atoms with Gasteiger partial charge in [0.15, 0.2) is 0 Å². The number of nitrogens with zero attached hydrogens (tertiary/aromatic N) is 1. The van der Waals surface area contributed by atoms with E-state index in [1.54, 1.807) is 14.2 Å². The summed E-state index contributed by atoms with van der Waals surface area (Å²) in [7, 11) is 3.34. The summed E-state index contributed by atoms with van der Waals surface area (Å²) < 4.78 is 12.6. The number of hydrogen-bond donors (Lipinski definition) is 0. The van der Waals surface area contributed by atoms with Crippen LogP contribution in [-0.4, -0.2) is 20.3 Å². The van der Waals surface area contributed by atoms with Crippen LogP contribution in [0.3, 0.4) is 0 Å². The molecule has 0 fully saturated rings. The lowest BCUT2D eigenvalue weighted by Gasteiger charge is -2.23. The zero-order valence-corrected chi connectivity index (χ0v) is 11.6. The number of benzene rings is 1. The SMILES string of the molecule is COc1ccc(OC)c(N(I)C(C)C)c1. The van der Waals surface area contributed by atoms with Crippen molar-refractivity contribution in [3.05, 3.63) is 18.2 Å². The van der Waals surface area contributed by atoms with Gasteiger partial charge in [0.1, 0.15) is 11.5 Å². The van der Waals surface area contributed by atoms with Crippen LogP contribution in [-0.2, 0) is 0 Å². The first-order valence-electron chi connectivity index (χ1n) is 4.77. The van der Waals surface area contributed by atoms with Gasteiger partial charge < -0.3 is 12.6 Å². The van der Waals surface area contributed by atoms with Gasteiger partial charge in [-0.05, 0) is 26.0 Å². The Kier molecular flexibility index (Phi) is 4.50. The maximum atomic E-state index is 5.31. The molecule has 84 valence electrons. The number of ether oxygens (including phenoxy) is 2. The van der Waals surface area contributed by atoms with E-state index >= 15 is 0 Å². The average Bonchev–Trinajstić information content (AvgIpc) is 2.27. The lowest BCUT2D eigenvalue weighted by Crippen LogP contribution is -2.19. The minimum Gasteiger partial charge on any atom is -0.497 e. The summed E-state index contributed by atoms with van der Waals surface area (Å²) >= 11 is 2.28. The second kappa shape index (κ2) is 5.44. The van der Waals surface area contributed by atoms with Gasteiger partial charge in [0, 0.05) is 12.1 Å². The molecule has 1 rings (SSSR count). The molecule has 0 atom stereocenters. The van der Waals surface area contributed by atoms with Crippen LogP contribution in [0.2, 0.25) is 0 Å². The summed E-state index contributed by atoms with van der Waals surface area (Å²) in [5.41, 5.74) is 1.03. The van der Waals surface area contributed by atoms with E-state index in [0.29, 0.717) is 6.04 Å². The number of hydrogen-bond acceptors (Lipinski definition) is 3. The summed E-state index contributed by atoms with van der Waals surface area (Å²) in [4.78, 5) is 0. The first kappa shape index (κ1) is 12.4. The third-order valence-corrected chi connectivity index (χ3v) is 3.70. The fourth-order valence-corrected chi connectivity index (χ4v) is 1.62. The van der Waals surface area contributed by atoms with Gasteiger partial charge in [0.25, 0.3) is 0 Å².